The van der Waals surface area contributed by atoms with E-state index in [9.17, 15) is 5.11 Å². The molecule has 0 aromatic heterocycles. The maximum absolute atomic E-state index is 10.1. The highest BCUT2D eigenvalue weighted by Crippen LogP contribution is 2.25. The van der Waals surface area contributed by atoms with Crippen molar-refractivity contribution in [1.29, 1.82) is 0 Å². The van der Waals surface area contributed by atoms with Gasteiger partial charge in [0.25, 0.3) is 0 Å². The lowest BCUT2D eigenvalue weighted by molar-refractivity contribution is 0.200. The Morgan fingerprint density at radius 1 is 1.00 bits per heavy atom. The van der Waals surface area contributed by atoms with Gasteiger partial charge in [0.2, 0.25) is 0 Å². The van der Waals surface area contributed by atoms with Crippen LogP contribution in [0.3, 0.4) is 0 Å². The molecular weight excluding hydrogens is 252 g/mol. The first kappa shape index (κ1) is 16.6. The van der Waals surface area contributed by atoms with Crippen molar-refractivity contribution in [2.24, 2.45) is 0 Å². The number of thioether (sulfide) groups is 1. The van der Waals surface area contributed by atoms with Gasteiger partial charge in [0.1, 0.15) is 0 Å². The number of benzene rings is 1. The van der Waals surface area contributed by atoms with E-state index in [0.29, 0.717) is 0 Å². The second-order valence-corrected chi connectivity index (χ2v) is 9.08. The van der Waals surface area contributed by atoms with Crippen LogP contribution in [0.25, 0.3) is 0 Å². The van der Waals surface area contributed by atoms with E-state index in [0.717, 1.165) is 12.2 Å². The average molecular weight is 280 g/mol. The molecule has 0 heterocycles. The molecule has 1 atom stereocenters. The van der Waals surface area contributed by atoms with Gasteiger partial charge in [-0.2, -0.15) is 11.8 Å². The second-order valence-electron chi connectivity index (χ2n) is 7.23. The molecule has 0 bridgehead atoms. The minimum atomic E-state index is -0.260. The third-order valence-electron chi connectivity index (χ3n) is 3.00. The first-order valence-corrected chi connectivity index (χ1v) is 7.98. The molecule has 1 nitrogen and oxygen atoms in total. The summed E-state index contributed by atoms with van der Waals surface area (Å²) in [4.78, 5) is 0. The van der Waals surface area contributed by atoms with E-state index < -0.39 is 0 Å². The molecule has 1 N–H and O–H groups in total. The Kier molecular flexibility index (Phi) is 5.52. The van der Waals surface area contributed by atoms with Crippen LogP contribution in [-0.4, -0.2) is 21.7 Å². The lowest BCUT2D eigenvalue weighted by Gasteiger charge is -2.21. The van der Waals surface area contributed by atoms with Crippen LogP contribution in [0.5, 0.6) is 0 Å². The van der Waals surface area contributed by atoms with Crippen molar-refractivity contribution in [2.75, 3.05) is 5.75 Å². The molecule has 0 saturated carbocycles. The summed E-state index contributed by atoms with van der Waals surface area (Å²) in [6, 6.07) is 8.65. The third-order valence-corrected chi connectivity index (χ3v) is 4.42. The Hall–Kier alpha value is -0.470. The number of aliphatic hydroxyl groups is 1. The summed E-state index contributed by atoms with van der Waals surface area (Å²) in [5, 5.41) is 10.1. The zero-order valence-corrected chi connectivity index (χ0v) is 14.0. The first-order chi connectivity index (χ1) is 8.58. The Morgan fingerprint density at radius 3 is 1.95 bits per heavy atom. The van der Waals surface area contributed by atoms with Crippen molar-refractivity contribution in [3.05, 3.63) is 35.4 Å². The molecule has 0 spiro atoms. The van der Waals surface area contributed by atoms with Crippen molar-refractivity contribution in [1.82, 2.24) is 0 Å². The Balaban J connectivity index is 2.54. The minimum Gasteiger partial charge on any atom is -0.392 e. The Bertz CT molecular complexity index is 381. The molecule has 0 fully saturated rings. The van der Waals surface area contributed by atoms with Gasteiger partial charge in [0.05, 0.1) is 6.10 Å². The van der Waals surface area contributed by atoms with Crippen LogP contribution >= 0.6 is 11.8 Å². The summed E-state index contributed by atoms with van der Waals surface area (Å²) in [7, 11) is 0. The second kappa shape index (κ2) is 6.32. The number of aliphatic hydroxyl groups excluding tert-OH is 1. The fourth-order valence-corrected chi connectivity index (χ4v) is 2.63. The molecule has 1 rings (SSSR count). The molecule has 2 heteroatoms. The maximum atomic E-state index is 10.1. The molecule has 19 heavy (non-hydrogen) atoms. The van der Waals surface area contributed by atoms with Crippen LogP contribution in [0.1, 0.15) is 52.7 Å². The zero-order chi connectivity index (χ0) is 14.7. The maximum Gasteiger partial charge on any atom is 0.0671 e. The zero-order valence-electron chi connectivity index (χ0n) is 13.2. The van der Waals surface area contributed by atoms with Gasteiger partial charge in [-0.15, -0.1) is 0 Å². The van der Waals surface area contributed by atoms with E-state index in [1.54, 1.807) is 0 Å². The van der Waals surface area contributed by atoms with Gasteiger partial charge in [0.15, 0.2) is 0 Å². The molecule has 108 valence electrons. The van der Waals surface area contributed by atoms with Crippen LogP contribution in [0, 0.1) is 0 Å². The summed E-state index contributed by atoms with van der Waals surface area (Å²) < 4.78 is 0.219. The van der Waals surface area contributed by atoms with E-state index >= 15 is 0 Å². The quantitative estimate of drug-likeness (QED) is 0.881. The van der Waals surface area contributed by atoms with Gasteiger partial charge in [-0.05, 0) is 23.0 Å². The third kappa shape index (κ3) is 6.49. The monoisotopic (exact) mass is 280 g/mol. The Labute approximate surface area is 122 Å². The molecule has 1 aromatic rings. The summed E-state index contributed by atoms with van der Waals surface area (Å²) in [5.41, 5.74) is 2.75. The lowest BCUT2D eigenvalue weighted by Crippen LogP contribution is -2.19. The normalized spacial score (nSPS) is 14.5. The fourth-order valence-electron chi connectivity index (χ4n) is 1.82. The van der Waals surface area contributed by atoms with Crippen molar-refractivity contribution >= 4 is 11.8 Å². The van der Waals surface area contributed by atoms with Crippen molar-refractivity contribution in [2.45, 2.75) is 64.2 Å². The van der Waals surface area contributed by atoms with Crippen LogP contribution in [0.2, 0.25) is 0 Å². The predicted octanol–water partition coefficient (Wildman–Crippen LogP) is 4.42. The van der Waals surface area contributed by atoms with E-state index in [-0.39, 0.29) is 16.3 Å². The smallest absolute Gasteiger partial charge is 0.0671 e. The molecule has 0 aliphatic heterocycles. The van der Waals surface area contributed by atoms with Gasteiger partial charge in [-0.25, -0.2) is 0 Å². The fraction of sp³-hybridized carbons (Fsp3) is 0.647. The van der Waals surface area contributed by atoms with E-state index in [2.05, 4.69) is 65.8 Å². The highest BCUT2D eigenvalue weighted by atomic mass is 32.2. The number of hydrogen-bond donors (Lipinski definition) is 1. The molecule has 0 amide bonds. The molecular formula is C17H28OS. The average Bonchev–Trinajstić information content (AvgIpc) is 2.25. The van der Waals surface area contributed by atoms with Crippen molar-refractivity contribution in [3.63, 3.8) is 0 Å². The highest BCUT2D eigenvalue weighted by molar-refractivity contribution is 8.00. The molecule has 0 radical (unpaired) electrons. The largest absolute Gasteiger partial charge is 0.392 e. The van der Waals surface area contributed by atoms with Crippen molar-refractivity contribution < 1.29 is 5.11 Å². The summed E-state index contributed by atoms with van der Waals surface area (Å²) >= 11 is 1.82. The Morgan fingerprint density at radius 2 is 1.53 bits per heavy atom. The molecule has 0 aliphatic carbocycles. The summed E-state index contributed by atoms with van der Waals surface area (Å²) in [6.07, 6.45) is 0.484. The van der Waals surface area contributed by atoms with E-state index in [4.69, 9.17) is 0 Å². The molecule has 1 unspecified atom stereocenters. The van der Waals surface area contributed by atoms with Gasteiger partial charge in [-0.3, -0.25) is 0 Å². The van der Waals surface area contributed by atoms with Crippen molar-refractivity contribution in [3.8, 4) is 0 Å². The standard InChI is InChI=1S/C17H28OS/c1-16(2,3)14-9-7-13(8-10-14)11-15(18)12-19-17(4,5)6/h7-10,15,18H,11-12H2,1-6H3. The van der Waals surface area contributed by atoms with Crippen LogP contribution < -0.4 is 0 Å². The number of rotatable bonds is 4. The molecule has 1 aromatic carbocycles. The molecule has 0 saturated heterocycles. The lowest BCUT2D eigenvalue weighted by atomic mass is 9.86. The predicted molar refractivity (Wildman–Crippen MR) is 87.1 cm³/mol. The van der Waals surface area contributed by atoms with Gasteiger partial charge < -0.3 is 5.11 Å². The SMILES string of the molecule is CC(C)(C)SCC(O)Cc1ccc(C(C)(C)C)cc1. The van der Waals surface area contributed by atoms with Crippen LogP contribution in [0.4, 0.5) is 0 Å². The van der Waals surface area contributed by atoms with Gasteiger partial charge >= 0.3 is 0 Å². The highest BCUT2D eigenvalue weighted by Gasteiger charge is 2.15. The number of hydrogen-bond acceptors (Lipinski definition) is 2. The summed E-state index contributed by atoms with van der Waals surface area (Å²) in [6.45, 7) is 13.2. The minimum absolute atomic E-state index is 0.194. The van der Waals surface area contributed by atoms with E-state index in [1.165, 1.54) is 11.1 Å². The first-order valence-electron chi connectivity index (χ1n) is 6.99. The molecule has 0 aliphatic rings. The topological polar surface area (TPSA) is 20.2 Å². The van der Waals surface area contributed by atoms with Gasteiger partial charge in [-0.1, -0.05) is 65.8 Å². The van der Waals surface area contributed by atoms with Crippen LogP contribution in [-0.2, 0) is 11.8 Å². The van der Waals surface area contributed by atoms with Crippen LogP contribution in [0.15, 0.2) is 24.3 Å². The summed E-state index contributed by atoms with van der Waals surface area (Å²) in [5.74, 6) is 0.796. The van der Waals surface area contributed by atoms with E-state index in [1.807, 2.05) is 11.8 Å². The van der Waals surface area contributed by atoms with Gasteiger partial charge in [0, 0.05) is 10.5 Å².